The minimum Gasteiger partial charge on any atom is -0.377 e. The molecule has 0 heterocycles. The Bertz CT molecular complexity index is 407. The summed E-state index contributed by atoms with van der Waals surface area (Å²) >= 11 is 0. The minimum atomic E-state index is -0.524. The van der Waals surface area contributed by atoms with Crippen LogP contribution in [0.25, 0.3) is 0 Å². The third-order valence-electron chi connectivity index (χ3n) is 2.89. The van der Waals surface area contributed by atoms with E-state index in [2.05, 4.69) is 5.32 Å². The van der Waals surface area contributed by atoms with Crippen molar-refractivity contribution in [2.24, 2.45) is 0 Å². The summed E-state index contributed by atoms with van der Waals surface area (Å²) in [7, 11) is 0. The second-order valence-corrected chi connectivity index (χ2v) is 5.01. The topological polar surface area (TPSA) is 21.3 Å². The van der Waals surface area contributed by atoms with Crippen molar-refractivity contribution < 1.29 is 13.5 Å². The first kappa shape index (κ1) is 16.1. The first-order valence-electron chi connectivity index (χ1n) is 6.76. The highest BCUT2D eigenvalue weighted by Crippen LogP contribution is 2.21. The fraction of sp³-hybridized carbons (Fsp3) is 0.600. The van der Waals surface area contributed by atoms with Crippen LogP contribution in [0.15, 0.2) is 12.1 Å². The second kappa shape index (κ2) is 7.56. The molecule has 0 aliphatic carbocycles. The Morgan fingerprint density at radius 2 is 1.89 bits per heavy atom. The van der Waals surface area contributed by atoms with Gasteiger partial charge in [-0.1, -0.05) is 6.92 Å². The van der Waals surface area contributed by atoms with Gasteiger partial charge in [0.1, 0.15) is 11.6 Å². The molecule has 19 heavy (non-hydrogen) atoms. The Kier molecular flexibility index (Phi) is 6.38. The lowest BCUT2D eigenvalue weighted by Crippen LogP contribution is -2.28. The molecule has 0 spiro atoms. The second-order valence-electron chi connectivity index (χ2n) is 5.01. The normalized spacial score (nSPS) is 13.0. The summed E-state index contributed by atoms with van der Waals surface area (Å²) in [5.41, 5.74) is 0.914. The maximum atomic E-state index is 13.9. The minimum absolute atomic E-state index is 0.0792. The highest BCUT2D eigenvalue weighted by molar-refractivity contribution is 5.28. The number of hydrogen-bond donors (Lipinski definition) is 1. The van der Waals surface area contributed by atoms with Gasteiger partial charge in [0.25, 0.3) is 0 Å². The number of benzene rings is 1. The van der Waals surface area contributed by atoms with Gasteiger partial charge in [0.2, 0.25) is 0 Å². The maximum Gasteiger partial charge on any atom is 0.131 e. The van der Waals surface area contributed by atoms with Gasteiger partial charge in [-0.25, -0.2) is 8.78 Å². The van der Waals surface area contributed by atoms with Crippen LogP contribution >= 0.6 is 0 Å². The lowest BCUT2D eigenvalue weighted by Gasteiger charge is -2.21. The Balaban J connectivity index is 2.92. The molecule has 4 heteroatoms. The van der Waals surface area contributed by atoms with Crippen LogP contribution < -0.4 is 5.32 Å². The van der Waals surface area contributed by atoms with Gasteiger partial charge in [0, 0.05) is 11.6 Å². The average Bonchev–Trinajstić information content (AvgIpc) is 2.34. The monoisotopic (exact) mass is 271 g/mol. The van der Waals surface area contributed by atoms with Crippen molar-refractivity contribution in [3.63, 3.8) is 0 Å². The van der Waals surface area contributed by atoms with Gasteiger partial charge in [-0.3, -0.25) is 0 Å². The van der Waals surface area contributed by atoms with E-state index in [0.717, 1.165) is 19.0 Å². The number of rotatable bonds is 7. The van der Waals surface area contributed by atoms with Crippen LogP contribution in [-0.2, 0) is 4.74 Å². The van der Waals surface area contributed by atoms with E-state index >= 15 is 0 Å². The predicted molar refractivity (Wildman–Crippen MR) is 73.2 cm³/mol. The number of aryl methyl sites for hydroxylation is 1. The van der Waals surface area contributed by atoms with Crippen LogP contribution in [0.4, 0.5) is 8.78 Å². The van der Waals surface area contributed by atoms with E-state index in [0.29, 0.717) is 17.7 Å². The first-order valence-corrected chi connectivity index (χ1v) is 6.76. The van der Waals surface area contributed by atoms with Crippen molar-refractivity contribution in [2.45, 2.75) is 46.3 Å². The van der Waals surface area contributed by atoms with Gasteiger partial charge in [-0.05, 0) is 45.4 Å². The zero-order valence-corrected chi connectivity index (χ0v) is 12.1. The number of ether oxygens (including phenoxy) is 1. The third kappa shape index (κ3) is 4.88. The molecule has 0 aromatic heterocycles. The molecule has 0 bridgehead atoms. The number of hydrogen-bond acceptors (Lipinski definition) is 2. The largest absolute Gasteiger partial charge is 0.377 e. The highest BCUT2D eigenvalue weighted by atomic mass is 19.1. The van der Waals surface area contributed by atoms with Crippen LogP contribution in [0.2, 0.25) is 0 Å². The molecule has 1 aromatic rings. The van der Waals surface area contributed by atoms with Crippen molar-refractivity contribution in [1.29, 1.82) is 0 Å². The molecule has 0 saturated carbocycles. The van der Waals surface area contributed by atoms with E-state index in [1.807, 2.05) is 20.8 Å². The summed E-state index contributed by atoms with van der Waals surface area (Å²) < 4.78 is 32.8. The Labute approximate surface area is 114 Å². The van der Waals surface area contributed by atoms with Crippen LogP contribution in [0.5, 0.6) is 0 Å². The average molecular weight is 271 g/mol. The first-order chi connectivity index (χ1) is 8.95. The molecule has 1 aromatic carbocycles. The Morgan fingerprint density at radius 1 is 1.21 bits per heavy atom. The standard InChI is InChI=1S/C15H23F2NO/c1-5-6-18-15(9-19-10(2)3)12-7-11(4)13(16)8-14(12)17/h7-8,10,15,18H,5-6,9H2,1-4H3. The molecular weight excluding hydrogens is 248 g/mol. The maximum absolute atomic E-state index is 13.9. The molecule has 1 atom stereocenters. The van der Waals surface area contributed by atoms with Crippen molar-refractivity contribution in [1.82, 2.24) is 5.32 Å². The molecule has 1 rings (SSSR count). The van der Waals surface area contributed by atoms with Gasteiger partial charge in [0.05, 0.1) is 18.8 Å². The Morgan fingerprint density at radius 3 is 2.47 bits per heavy atom. The molecule has 0 fully saturated rings. The number of nitrogens with one attached hydrogen (secondary N) is 1. The predicted octanol–water partition coefficient (Wildman–Crippen LogP) is 3.74. The van der Waals surface area contributed by atoms with Gasteiger partial charge < -0.3 is 10.1 Å². The molecule has 0 saturated heterocycles. The van der Waals surface area contributed by atoms with E-state index in [1.165, 1.54) is 0 Å². The Hall–Kier alpha value is -1.00. The van der Waals surface area contributed by atoms with Gasteiger partial charge in [-0.2, -0.15) is 0 Å². The molecule has 0 amide bonds. The molecule has 2 nitrogen and oxygen atoms in total. The van der Waals surface area contributed by atoms with Crippen LogP contribution in [0.3, 0.4) is 0 Å². The fourth-order valence-electron chi connectivity index (χ4n) is 1.81. The molecule has 108 valence electrons. The lowest BCUT2D eigenvalue weighted by atomic mass is 10.0. The van der Waals surface area contributed by atoms with Crippen molar-refractivity contribution >= 4 is 0 Å². The summed E-state index contributed by atoms with van der Waals surface area (Å²) in [5, 5.41) is 3.24. The van der Waals surface area contributed by atoms with Gasteiger partial charge in [-0.15, -0.1) is 0 Å². The van der Waals surface area contributed by atoms with E-state index in [9.17, 15) is 8.78 Å². The van der Waals surface area contributed by atoms with E-state index in [1.54, 1.807) is 13.0 Å². The highest BCUT2D eigenvalue weighted by Gasteiger charge is 2.18. The lowest BCUT2D eigenvalue weighted by molar-refractivity contribution is 0.0604. The molecule has 0 aliphatic rings. The van der Waals surface area contributed by atoms with Crippen LogP contribution in [-0.4, -0.2) is 19.3 Å². The quantitative estimate of drug-likeness (QED) is 0.815. The van der Waals surface area contributed by atoms with Crippen molar-refractivity contribution in [2.75, 3.05) is 13.2 Å². The van der Waals surface area contributed by atoms with E-state index < -0.39 is 11.6 Å². The van der Waals surface area contributed by atoms with E-state index in [-0.39, 0.29) is 12.1 Å². The van der Waals surface area contributed by atoms with Gasteiger partial charge in [0.15, 0.2) is 0 Å². The SMILES string of the molecule is CCCNC(COC(C)C)c1cc(C)c(F)cc1F. The zero-order chi connectivity index (χ0) is 14.4. The smallest absolute Gasteiger partial charge is 0.131 e. The summed E-state index contributed by atoms with van der Waals surface area (Å²) in [6, 6.07) is 2.25. The van der Waals surface area contributed by atoms with E-state index in [4.69, 9.17) is 4.74 Å². The van der Waals surface area contributed by atoms with Crippen molar-refractivity contribution in [3.8, 4) is 0 Å². The van der Waals surface area contributed by atoms with Crippen LogP contribution in [0, 0.1) is 18.6 Å². The third-order valence-corrected chi connectivity index (χ3v) is 2.89. The molecular formula is C15H23F2NO. The fourth-order valence-corrected chi connectivity index (χ4v) is 1.81. The molecule has 0 radical (unpaired) electrons. The summed E-state index contributed by atoms with van der Waals surface area (Å²) in [5.74, 6) is -1.04. The zero-order valence-electron chi connectivity index (χ0n) is 12.1. The summed E-state index contributed by atoms with van der Waals surface area (Å²) in [6.07, 6.45) is 1.02. The van der Waals surface area contributed by atoms with Crippen LogP contribution in [0.1, 0.15) is 44.4 Å². The molecule has 1 N–H and O–H groups in total. The van der Waals surface area contributed by atoms with Crippen molar-refractivity contribution in [3.05, 3.63) is 34.9 Å². The molecule has 0 aliphatic heterocycles. The molecule has 1 unspecified atom stereocenters. The van der Waals surface area contributed by atoms with Gasteiger partial charge >= 0.3 is 0 Å². The summed E-state index contributed by atoms with van der Waals surface area (Å²) in [6.45, 7) is 8.69. The number of halogens is 2. The summed E-state index contributed by atoms with van der Waals surface area (Å²) in [4.78, 5) is 0.